The Bertz CT molecular complexity index is 1060. The monoisotopic (exact) mass is 410 g/mol. The third-order valence-electron chi connectivity index (χ3n) is 4.99. The van der Waals surface area contributed by atoms with Crippen LogP contribution in [0.4, 0.5) is 0 Å². The molecule has 0 fully saturated rings. The molecule has 0 radical (unpaired) electrons. The van der Waals surface area contributed by atoms with E-state index in [9.17, 15) is 10.0 Å². The number of rotatable bonds is 4. The van der Waals surface area contributed by atoms with E-state index in [1.165, 1.54) is 11.1 Å². The maximum Gasteiger partial charge on any atom is 0.135 e. The molecule has 0 saturated heterocycles. The Kier molecular flexibility index (Phi) is 5.29. The van der Waals surface area contributed by atoms with Crippen LogP contribution in [0.1, 0.15) is 47.4 Å². The van der Waals surface area contributed by atoms with Gasteiger partial charge in [-0.3, -0.25) is 9.78 Å². The van der Waals surface area contributed by atoms with E-state index in [2.05, 4.69) is 28.3 Å². The molecule has 0 aliphatic heterocycles. The van der Waals surface area contributed by atoms with E-state index >= 15 is 0 Å². The number of fused-ring (bicyclic) bond motifs is 1. The smallest absolute Gasteiger partial charge is 0.135 e. The van der Waals surface area contributed by atoms with Crippen LogP contribution in [0.2, 0.25) is 5.02 Å². The number of hydrogen-bond acceptors (Lipinski definition) is 5. The minimum atomic E-state index is 0.0904. The first-order chi connectivity index (χ1) is 13.5. The summed E-state index contributed by atoms with van der Waals surface area (Å²) in [6.07, 6.45) is 3.68. The molecule has 2 aromatic heterocycles. The highest BCUT2D eigenvalue weighted by molar-refractivity contribution is 7.17. The second-order valence-corrected chi connectivity index (χ2v) is 8.49. The van der Waals surface area contributed by atoms with Crippen molar-refractivity contribution in [3.8, 4) is 10.4 Å². The van der Waals surface area contributed by atoms with Crippen molar-refractivity contribution >= 4 is 34.4 Å². The molecule has 0 spiro atoms. The summed E-state index contributed by atoms with van der Waals surface area (Å²) >= 11 is 7.67. The number of aromatic nitrogens is 1. The Labute approximate surface area is 172 Å². The zero-order chi connectivity index (χ0) is 19.7. The number of nitrogens with zero attached hydrogens (tertiary/aromatic N) is 2. The number of pyridine rings is 1. The van der Waals surface area contributed by atoms with Gasteiger partial charge in [-0.05, 0) is 66.8 Å². The number of carbonyl (C=O) groups excluding carboxylic acids is 1. The zero-order valence-electron chi connectivity index (χ0n) is 15.4. The molecule has 1 unspecified atom stereocenters. The van der Waals surface area contributed by atoms with Gasteiger partial charge in [-0.1, -0.05) is 28.9 Å². The van der Waals surface area contributed by atoms with Crippen molar-refractivity contribution in [1.29, 1.82) is 0 Å². The minimum absolute atomic E-state index is 0.0904. The summed E-state index contributed by atoms with van der Waals surface area (Å²) in [5.41, 5.74) is 4.90. The van der Waals surface area contributed by atoms with Gasteiger partial charge >= 0.3 is 0 Å². The molecule has 3 aromatic rings. The Hall–Kier alpha value is -2.50. The Morgan fingerprint density at radius 3 is 2.79 bits per heavy atom. The Morgan fingerprint density at radius 1 is 1.29 bits per heavy atom. The lowest BCUT2D eigenvalue weighted by Gasteiger charge is -2.23. The molecule has 142 valence electrons. The standard InChI is InChI=1S/C22H19ClN2O2S/c1-13(26)10-17-11-15(8-9-24-17)21-12-19-18(14-2-4-16(23)5-3-14)6-7-20(25-27)22(19)28-21/h2-5,8-9,11-12,18,27H,6-7,10H2,1H3. The summed E-state index contributed by atoms with van der Waals surface area (Å²) in [7, 11) is 0. The van der Waals surface area contributed by atoms with Crippen LogP contribution in [0.15, 0.2) is 53.8 Å². The molecule has 28 heavy (non-hydrogen) atoms. The molecule has 4 rings (SSSR count). The lowest BCUT2D eigenvalue weighted by molar-refractivity contribution is -0.116. The van der Waals surface area contributed by atoms with Crippen LogP contribution in [-0.2, 0) is 11.2 Å². The van der Waals surface area contributed by atoms with E-state index in [4.69, 9.17) is 11.6 Å². The Morgan fingerprint density at radius 2 is 2.07 bits per heavy atom. The minimum Gasteiger partial charge on any atom is -0.411 e. The fourth-order valence-corrected chi connectivity index (χ4v) is 5.06. The maximum absolute atomic E-state index is 11.4. The summed E-state index contributed by atoms with van der Waals surface area (Å²) in [5, 5.41) is 13.7. The summed E-state index contributed by atoms with van der Waals surface area (Å²) in [6, 6.07) is 14.0. The molecule has 0 bridgehead atoms. The predicted molar refractivity (Wildman–Crippen MR) is 113 cm³/mol. The van der Waals surface area contributed by atoms with E-state index in [0.29, 0.717) is 6.42 Å². The fourth-order valence-electron chi connectivity index (χ4n) is 3.70. The number of ketones is 1. The molecule has 0 saturated carbocycles. The van der Waals surface area contributed by atoms with Gasteiger partial charge in [-0.2, -0.15) is 0 Å². The summed E-state index contributed by atoms with van der Waals surface area (Å²) in [4.78, 5) is 17.8. The molecule has 4 nitrogen and oxygen atoms in total. The number of carbonyl (C=O) groups is 1. The van der Waals surface area contributed by atoms with Crippen LogP contribution in [0, 0.1) is 0 Å². The van der Waals surface area contributed by atoms with Crippen molar-refractivity contribution < 1.29 is 10.0 Å². The second kappa shape index (κ2) is 7.86. The first-order valence-electron chi connectivity index (χ1n) is 9.10. The normalized spacial score (nSPS) is 17.5. The first kappa shape index (κ1) is 18.8. The number of hydrogen-bond donors (Lipinski definition) is 1. The van der Waals surface area contributed by atoms with Crippen LogP contribution in [0.25, 0.3) is 10.4 Å². The van der Waals surface area contributed by atoms with E-state index in [1.54, 1.807) is 24.5 Å². The van der Waals surface area contributed by atoms with Crippen molar-refractivity contribution in [2.45, 2.75) is 32.1 Å². The van der Waals surface area contributed by atoms with Gasteiger partial charge in [0.25, 0.3) is 0 Å². The molecule has 1 aliphatic carbocycles. The number of oxime groups is 1. The third kappa shape index (κ3) is 3.73. The second-order valence-electron chi connectivity index (χ2n) is 7.00. The van der Waals surface area contributed by atoms with E-state index in [1.807, 2.05) is 24.3 Å². The van der Waals surface area contributed by atoms with E-state index < -0.39 is 0 Å². The lowest BCUT2D eigenvalue weighted by Crippen LogP contribution is -2.14. The molecule has 2 heterocycles. The van der Waals surface area contributed by atoms with Gasteiger partial charge in [-0.15, -0.1) is 11.3 Å². The molecule has 1 atom stereocenters. The summed E-state index contributed by atoms with van der Waals surface area (Å²) < 4.78 is 0. The number of thiophene rings is 1. The predicted octanol–water partition coefficient (Wildman–Crippen LogP) is 5.70. The van der Waals surface area contributed by atoms with E-state index in [0.717, 1.165) is 44.6 Å². The number of benzene rings is 1. The van der Waals surface area contributed by atoms with Crippen molar-refractivity contribution in [1.82, 2.24) is 4.98 Å². The average Bonchev–Trinajstić information content (AvgIpc) is 3.13. The highest BCUT2D eigenvalue weighted by atomic mass is 35.5. The van der Waals surface area contributed by atoms with Gasteiger partial charge in [0, 0.05) is 34.1 Å². The molecule has 1 aromatic carbocycles. The highest BCUT2D eigenvalue weighted by Gasteiger charge is 2.29. The third-order valence-corrected chi connectivity index (χ3v) is 6.49. The SMILES string of the molecule is CC(=O)Cc1cc(-c2cc3c(s2)C(=NO)CCC3c2ccc(Cl)cc2)ccn1. The zero-order valence-corrected chi connectivity index (χ0v) is 16.9. The lowest BCUT2D eigenvalue weighted by atomic mass is 9.81. The van der Waals surface area contributed by atoms with Crippen LogP contribution in [-0.4, -0.2) is 21.7 Å². The van der Waals surface area contributed by atoms with Gasteiger partial charge < -0.3 is 5.21 Å². The molecule has 0 amide bonds. The first-order valence-corrected chi connectivity index (χ1v) is 10.3. The topological polar surface area (TPSA) is 62.5 Å². The summed E-state index contributed by atoms with van der Waals surface area (Å²) in [5.74, 6) is 0.328. The quantitative estimate of drug-likeness (QED) is 0.443. The van der Waals surface area contributed by atoms with Gasteiger partial charge in [0.05, 0.1) is 10.6 Å². The fraction of sp³-hybridized carbons (Fsp3) is 0.227. The Balaban J connectivity index is 1.77. The van der Waals surface area contributed by atoms with Crippen molar-refractivity contribution in [3.63, 3.8) is 0 Å². The van der Waals surface area contributed by atoms with Crippen molar-refractivity contribution in [2.75, 3.05) is 0 Å². The number of halogens is 1. The summed E-state index contributed by atoms with van der Waals surface area (Å²) in [6.45, 7) is 1.57. The van der Waals surface area contributed by atoms with Crippen LogP contribution < -0.4 is 0 Å². The highest BCUT2D eigenvalue weighted by Crippen LogP contribution is 2.44. The molecule has 1 N–H and O–H groups in total. The molecule has 6 heteroatoms. The van der Waals surface area contributed by atoms with Crippen LogP contribution in [0.5, 0.6) is 0 Å². The molecule has 1 aliphatic rings. The van der Waals surface area contributed by atoms with Crippen LogP contribution >= 0.6 is 22.9 Å². The number of Topliss-reactive ketones (excluding diaryl/α,β-unsaturated/α-hetero) is 1. The van der Waals surface area contributed by atoms with Crippen LogP contribution in [0.3, 0.4) is 0 Å². The molecular formula is C22H19ClN2O2S. The largest absolute Gasteiger partial charge is 0.411 e. The van der Waals surface area contributed by atoms with Gasteiger partial charge in [0.15, 0.2) is 0 Å². The van der Waals surface area contributed by atoms with Crippen molar-refractivity contribution in [3.05, 3.63) is 75.4 Å². The van der Waals surface area contributed by atoms with Gasteiger partial charge in [0.1, 0.15) is 5.78 Å². The molecular weight excluding hydrogens is 392 g/mol. The van der Waals surface area contributed by atoms with Crippen molar-refractivity contribution in [2.24, 2.45) is 5.16 Å². The van der Waals surface area contributed by atoms with Gasteiger partial charge in [0.2, 0.25) is 0 Å². The van der Waals surface area contributed by atoms with E-state index in [-0.39, 0.29) is 11.7 Å². The average molecular weight is 411 g/mol. The van der Waals surface area contributed by atoms with Gasteiger partial charge in [-0.25, -0.2) is 0 Å². The maximum atomic E-state index is 11.4.